The molecule has 1 N–H and O–H groups in total. The molecule has 1 atom stereocenters. The highest BCUT2D eigenvalue weighted by atomic mass is 127. The SMILES string of the molecule is CC(C)(C)NC(=O)C(OI)C(C)(C)C. The van der Waals surface area contributed by atoms with E-state index in [9.17, 15) is 4.79 Å². The molecule has 0 aromatic rings. The third kappa shape index (κ3) is 5.14. The zero-order valence-electron chi connectivity index (χ0n) is 9.77. The molecule has 0 fully saturated rings. The lowest BCUT2D eigenvalue weighted by molar-refractivity contribution is -0.132. The first-order chi connectivity index (χ1) is 6.08. The van der Waals surface area contributed by atoms with E-state index in [0.717, 1.165) is 0 Å². The normalized spacial score (nSPS) is 15.1. The molecule has 0 saturated heterocycles. The minimum absolute atomic E-state index is 0.0561. The average molecular weight is 313 g/mol. The topological polar surface area (TPSA) is 38.3 Å². The van der Waals surface area contributed by atoms with Crippen molar-refractivity contribution in [2.24, 2.45) is 5.41 Å². The molecule has 1 unspecified atom stereocenters. The van der Waals surface area contributed by atoms with Gasteiger partial charge in [-0.1, -0.05) is 20.8 Å². The van der Waals surface area contributed by atoms with Crippen LogP contribution >= 0.6 is 23.0 Å². The van der Waals surface area contributed by atoms with E-state index in [1.807, 2.05) is 41.5 Å². The quantitative estimate of drug-likeness (QED) is 0.796. The van der Waals surface area contributed by atoms with E-state index in [0.29, 0.717) is 0 Å². The molecule has 14 heavy (non-hydrogen) atoms. The number of halogens is 1. The Labute approximate surface area is 101 Å². The Kier molecular flexibility index (Phi) is 4.84. The summed E-state index contributed by atoms with van der Waals surface area (Å²) in [4.78, 5) is 11.8. The van der Waals surface area contributed by atoms with Crippen molar-refractivity contribution in [2.45, 2.75) is 53.2 Å². The van der Waals surface area contributed by atoms with E-state index in [1.165, 1.54) is 0 Å². The second kappa shape index (κ2) is 4.79. The average Bonchev–Trinajstić information content (AvgIpc) is 1.79. The summed E-state index contributed by atoms with van der Waals surface area (Å²) in [6, 6.07) is 0. The summed E-state index contributed by atoms with van der Waals surface area (Å²) in [5.41, 5.74) is -0.397. The highest BCUT2D eigenvalue weighted by Crippen LogP contribution is 2.24. The van der Waals surface area contributed by atoms with Gasteiger partial charge in [0.15, 0.2) is 6.10 Å². The van der Waals surface area contributed by atoms with E-state index in [4.69, 9.17) is 3.07 Å². The van der Waals surface area contributed by atoms with Crippen molar-refractivity contribution >= 4 is 28.9 Å². The van der Waals surface area contributed by atoms with E-state index in [-0.39, 0.29) is 16.9 Å². The van der Waals surface area contributed by atoms with Crippen molar-refractivity contribution in [3.8, 4) is 0 Å². The Hall–Kier alpha value is 0.160. The highest BCUT2D eigenvalue weighted by molar-refractivity contribution is 14.1. The molecule has 84 valence electrons. The molecule has 0 rings (SSSR count). The van der Waals surface area contributed by atoms with Crippen LogP contribution in [0.4, 0.5) is 0 Å². The smallest absolute Gasteiger partial charge is 0.251 e. The molecular formula is C10H20INO2. The Morgan fingerprint density at radius 3 is 1.86 bits per heavy atom. The lowest BCUT2D eigenvalue weighted by atomic mass is 9.88. The molecule has 0 bridgehead atoms. The summed E-state index contributed by atoms with van der Waals surface area (Å²) in [6.45, 7) is 11.8. The largest absolute Gasteiger partial charge is 0.349 e. The molecule has 0 aliphatic rings. The molecular weight excluding hydrogens is 293 g/mol. The van der Waals surface area contributed by atoms with Gasteiger partial charge in [0.25, 0.3) is 5.91 Å². The minimum atomic E-state index is -0.415. The van der Waals surface area contributed by atoms with Gasteiger partial charge in [-0.15, -0.1) is 0 Å². The molecule has 0 heterocycles. The third-order valence-corrected chi connectivity index (χ3v) is 2.12. The fraction of sp³-hybridized carbons (Fsp3) is 0.900. The number of rotatable bonds is 2. The van der Waals surface area contributed by atoms with Crippen molar-refractivity contribution in [3.63, 3.8) is 0 Å². The molecule has 0 aromatic carbocycles. The van der Waals surface area contributed by atoms with Crippen molar-refractivity contribution in [1.29, 1.82) is 0 Å². The summed E-state index contributed by atoms with van der Waals surface area (Å²) >= 11 is 1.78. The molecule has 0 aliphatic heterocycles. The van der Waals surface area contributed by atoms with Crippen molar-refractivity contribution < 1.29 is 7.86 Å². The zero-order valence-corrected chi connectivity index (χ0v) is 11.9. The standard InChI is InChI=1S/C10H20INO2/c1-9(2,3)7(14-11)8(13)12-10(4,5)6/h7H,1-6H3,(H,12,13). The molecule has 4 heteroatoms. The molecule has 0 radical (unpaired) electrons. The Bertz CT molecular complexity index is 203. The summed E-state index contributed by atoms with van der Waals surface area (Å²) in [5.74, 6) is -0.0561. The van der Waals surface area contributed by atoms with Gasteiger partial charge in [0.2, 0.25) is 0 Å². The summed E-state index contributed by atoms with van der Waals surface area (Å²) < 4.78 is 5.18. The van der Waals surface area contributed by atoms with E-state index in [2.05, 4.69) is 5.32 Å². The number of carbonyl (C=O) groups excluding carboxylic acids is 1. The monoisotopic (exact) mass is 313 g/mol. The first-order valence-electron chi connectivity index (χ1n) is 4.67. The molecule has 0 aromatic heterocycles. The Balaban J connectivity index is 4.50. The number of amides is 1. The molecule has 1 amide bonds. The summed E-state index contributed by atoms with van der Waals surface area (Å²) in [7, 11) is 0. The van der Waals surface area contributed by atoms with Crippen LogP contribution < -0.4 is 5.32 Å². The minimum Gasteiger partial charge on any atom is -0.349 e. The van der Waals surface area contributed by atoms with Gasteiger partial charge in [0, 0.05) is 5.54 Å². The van der Waals surface area contributed by atoms with E-state index in [1.54, 1.807) is 23.0 Å². The van der Waals surface area contributed by atoms with Crippen LogP contribution in [0.15, 0.2) is 0 Å². The summed E-state index contributed by atoms with van der Waals surface area (Å²) in [6.07, 6.45) is -0.415. The van der Waals surface area contributed by atoms with Gasteiger partial charge in [0.05, 0.1) is 0 Å². The van der Waals surface area contributed by atoms with Crippen LogP contribution in [0, 0.1) is 5.41 Å². The maximum Gasteiger partial charge on any atom is 0.251 e. The predicted molar refractivity (Wildman–Crippen MR) is 66.2 cm³/mol. The lowest BCUT2D eigenvalue weighted by Crippen LogP contribution is -2.49. The fourth-order valence-corrected chi connectivity index (χ4v) is 2.00. The second-order valence-corrected chi connectivity index (χ2v) is 6.08. The third-order valence-electron chi connectivity index (χ3n) is 1.61. The molecule has 0 aliphatic carbocycles. The highest BCUT2D eigenvalue weighted by Gasteiger charge is 2.33. The van der Waals surface area contributed by atoms with Crippen LogP contribution in [0.1, 0.15) is 41.5 Å². The van der Waals surface area contributed by atoms with E-state index < -0.39 is 6.10 Å². The van der Waals surface area contributed by atoms with Crippen LogP contribution in [0.5, 0.6) is 0 Å². The van der Waals surface area contributed by atoms with Crippen molar-refractivity contribution in [2.75, 3.05) is 0 Å². The first kappa shape index (κ1) is 14.2. The molecule has 0 spiro atoms. The van der Waals surface area contributed by atoms with Crippen LogP contribution in [0.2, 0.25) is 0 Å². The molecule has 0 saturated carbocycles. The predicted octanol–water partition coefficient (Wildman–Crippen LogP) is 2.68. The van der Waals surface area contributed by atoms with Gasteiger partial charge in [-0.3, -0.25) is 4.79 Å². The Morgan fingerprint density at radius 2 is 1.64 bits per heavy atom. The van der Waals surface area contributed by atoms with Crippen LogP contribution in [-0.4, -0.2) is 17.6 Å². The number of nitrogens with one attached hydrogen (secondary N) is 1. The second-order valence-electron chi connectivity index (χ2n) is 5.57. The van der Waals surface area contributed by atoms with Gasteiger partial charge < -0.3 is 8.38 Å². The number of hydrogen-bond acceptors (Lipinski definition) is 2. The van der Waals surface area contributed by atoms with Gasteiger partial charge in [-0.2, -0.15) is 0 Å². The van der Waals surface area contributed by atoms with E-state index >= 15 is 0 Å². The van der Waals surface area contributed by atoms with Gasteiger partial charge in [0.1, 0.15) is 23.0 Å². The summed E-state index contributed by atoms with van der Waals surface area (Å²) in [5, 5.41) is 2.91. The Morgan fingerprint density at radius 1 is 1.21 bits per heavy atom. The first-order valence-corrected chi connectivity index (χ1v) is 5.55. The van der Waals surface area contributed by atoms with Crippen LogP contribution in [0.3, 0.4) is 0 Å². The van der Waals surface area contributed by atoms with Crippen LogP contribution in [0.25, 0.3) is 0 Å². The van der Waals surface area contributed by atoms with Crippen molar-refractivity contribution in [3.05, 3.63) is 0 Å². The maximum atomic E-state index is 11.8. The number of hydrogen-bond donors (Lipinski definition) is 1. The maximum absolute atomic E-state index is 11.8. The van der Waals surface area contributed by atoms with Gasteiger partial charge >= 0.3 is 0 Å². The van der Waals surface area contributed by atoms with Crippen LogP contribution in [-0.2, 0) is 7.86 Å². The lowest BCUT2D eigenvalue weighted by Gasteiger charge is -2.30. The zero-order chi connectivity index (χ0) is 11.6. The fourth-order valence-electron chi connectivity index (χ4n) is 1.00. The molecule has 3 nitrogen and oxygen atoms in total. The van der Waals surface area contributed by atoms with Crippen molar-refractivity contribution in [1.82, 2.24) is 5.32 Å². The number of carbonyl (C=O) groups is 1. The van der Waals surface area contributed by atoms with Gasteiger partial charge in [-0.25, -0.2) is 0 Å². The van der Waals surface area contributed by atoms with Gasteiger partial charge in [-0.05, 0) is 26.2 Å².